The molecule has 0 bridgehead atoms. The average Bonchev–Trinajstić information content (AvgIpc) is 2.97. The van der Waals surface area contributed by atoms with Gasteiger partial charge in [-0.2, -0.15) is 0 Å². The van der Waals surface area contributed by atoms with Crippen LogP contribution in [-0.4, -0.2) is 28.2 Å². The Morgan fingerprint density at radius 1 is 1.37 bits per heavy atom. The predicted octanol–water partition coefficient (Wildman–Crippen LogP) is 3.85. The topological polar surface area (TPSA) is 114 Å². The zero-order valence-corrected chi connectivity index (χ0v) is 15.4. The Hall–Kier alpha value is -3.04. The number of thioether (sulfide) groups is 1. The number of amides is 1. The first-order valence-electron chi connectivity index (χ1n) is 7.48. The van der Waals surface area contributed by atoms with Crippen molar-refractivity contribution >= 4 is 51.9 Å². The SMILES string of the molecule is COc1cc(/C=C2\SC(=Nc3ccccc3Cl)NC2=O)cc([N+](=O)[O-])c1O. The Morgan fingerprint density at radius 3 is 2.78 bits per heavy atom. The second-order valence-corrected chi connectivity index (χ2v) is 6.72. The van der Waals surface area contributed by atoms with Crippen molar-refractivity contribution in [2.75, 3.05) is 7.11 Å². The van der Waals surface area contributed by atoms with Crippen LogP contribution in [-0.2, 0) is 4.79 Å². The highest BCUT2D eigenvalue weighted by atomic mass is 35.5. The molecule has 0 aliphatic carbocycles. The number of hydrogen-bond acceptors (Lipinski definition) is 7. The van der Waals surface area contributed by atoms with Gasteiger partial charge in [-0.25, -0.2) is 4.99 Å². The largest absolute Gasteiger partial charge is 0.500 e. The number of phenolic OH excluding ortho intramolecular Hbond substituents is 1. The standard InChI is InChI=1S/C17H12ClN3O5S/c1-26-13-7-9(6-12(15(13)22)21(24)25)8-14-16(23)20-17(27-14)19-11-5-3-2-4-10(11)18/h2-8,22H,1H3,(H,19,20,23)/b14-8-. The van der Waals surface area contributed by atoms with Gasteiger partial charge in [0.15, 0.2) is 10.9 Å². The van der Waals surface area contributed by atoms with Crippen LogP contribution in [0.2, 0.25) is 5.02 Å². The lowest BCUT2D eigenvalue weighted by Crippen LogP contribution is -2.19. The molecule has 1 saturated heterocycles. The lowest BCUT2D eigenvalue weighted by Gasteiger charge is -2.05. The van der Waals surface area contributed by atoms with Crippen molar-refractivity contribution in [3.63, 3.8) is 0 Å². The van der Waals surface area contributed by atoms with E-state index in [9.17, 15) is 20.0 Å². The van der Waals surface area contributed by atoms with E-state index in [4.69, 9.17) is 16.3 Å². The molecule has 0 radical (unpaired) electrons. The third-order valence-electron chi connectivity index (χ3n) is 3.52. The third-order valence-corrected chi connectivity index (χ3v) is 4.75. The number of carbonyl (C=O) groups is 1. The van der Waals surface area contributed by atoms with Crippen molar-refractivity contribution in [3.8, 4) is 11.5 Å². The molecular weight excluding hydrogens is 394 g/mol. The van der Waals surface area contributed by atoms with Crippen LogP contribution in [0.3, 0.4) is 0 Å². The number of carbonyl (C=O) groups excluding carboxylic acids is 1. The first-order chi connectivity index (χ1) is 12.9. The van der Waals surface area contributed by atoms with E-state index < -0.39 is 22.3 Å². The van der Waals surface area contributed by atoms with Gasteiger partial charge in [0, 0.05) is 6.07 Å². The zero-order chi connectivity index (χ0) is 19.6. The number of nitro benzene ring substituents is 1. The maximum absolute atomic E-state index is 12.2. The second kappa shape index (κ2) is 7.68. The fourth-order valence-electron chi connectivity index (χ4n) is 2.28. The van der Waals surface area contributed by atoms with E-state index in [1.165, 1.54) is 19.3 Å². The fraction of sp³-hybridized carbons (Fsp3) is 0.0588. The van der Waals surface area contributed by atoms with Crippen LogP contribution in [0.1, 0.15) is 5.56 Å². The molecule has 0 atom stereocenters. The Balaban J connectivity index is 1.94. The molecule has 0 aromatic heterocycles. The molecule has 1 aliphatic rings. The molecule has 0 spiro atoms. The summed E-state index contributed by atoms with van der Waals surface area (Å²) in [5, 5.41) is 24.3. The summed E-state index contributed by atoms with van der Waals surface area (Å²) in [6.07, 6.45) is 1.45. The number of methoxy groups -OCH3 is 1. The predicted molar refractivity (Wildman–Crippen MR) is 104 cm³/mol. The maximum atomic E-state index is 12.2. The van der Waals surface area contributed by atoms with Crippen LogP contribution >= 0.6 is 23.4 Å². The highest BCUT2D eigenvalue weighted by molar-refractivity contribution is 8.18. The van der Waals surface area contributed by atoms with Crippen molar-refractivity contribution in [1.29, 1.82) is 0 Å². The second-order valence-electron chi connectivity index (χ2n) is 5.28. The van der Waals surface area contributed by atoms with Crippen LogP contribution in [0, 0.1) is 10.1 Å². The highest BCUT2D eigenvalue weighted by Gasteiger charge is 2.25. The molecule has 3 rings (SSSR count). The summed E-state index contributed by atoms with van der Waals surface area (Å²) in [6.45, 7) is 0. The van der Waals surface area contributed by atoms with Gasteiger partial charge in [-0.05, 0) is 41.6 Å². The van der Waals surface area contributed by atoms with Gasteiger partial charge in [0.2, 0.25) is 5.75 Å². The van der Waals surface area contributed by atoms with Gasteiger partial charge in [-0.15, -0.1) is 0 Å². The van der Waals surface area contributed by atoms with E-state index in [0.29, 0.717) is 21.4 Å². The minimum Gasteiger partial charge on any atom is -0.500 e. The normalized spacial score (nSPS) is 16.6. The summed E-state index contributed by atoms with van der Waals surface area (Å²) in [4.78, 5) is 27.1. The quantitative estimate of drug-likeness (QED) is 0.453. The van der Waals surface area contributed by atoms with Gasteiger partial charge in [0.25, 0.3) is 5.91 Å². The summed E-state index contributed by atoms with van der Waals surface area (Å²) < 4.78 is 4.95. The smallest absolute Gasteiger partial charge is 0.315 e. The molecule has 138 valence electrons. The highest BCUT2D eigenvalue weighted by Crippen LogP contribution is 2.38. The van der Waals surface area contributed by atoms with Gasteiger partial charge in [0.1, 0.15) is 0 Å². The lowest BCUT2D eigenvalue weighted by atomic mass is 10.1. The number of phenols is 1. The average molecular weight is 406 g/mol. The monoisotopic (exact) mass is 405 g/mol. The number of rotatable bonds is 4. The number of ether oxygens (including phenoxy) is 1. The van der Waals surface area contributed by atoms with E-state index in [-0.39, 0.29) is 10.7 Å². The van der Waals surface area contributed by atoms with Crippen LogP contribution in [0.25, 0.3) is 6.08 Å². The van der Waals surface area contributed by atoms with E-state index in [1.807, 2.05) is 0 Å². The Labute approximate surface area is 162 Å². The summed E-state index contributed by atoms with van der Waals surface area (Å²) in [6, 6.07) is 9.47. The molecular formula is C17H12ClN3O5S. The lowest BCUT2D eigenvalue weighted by molar-refractivity contribution is -0.386. The van der Waals surface area contributed by atoms with E-state index >= 15 is 0 Å². The Morgan fingerprint density at radius 2 is 2.11 bits per heavy atom. The maximum Gasteiger partial charge on any atom is 0.315 e. The molecule has 2 aromatic rings. The summed E-state index contributed by atoms with van der Waals surface area (Å²) >= 11 is 7.12. The number of halogens is 1. The van der Waals surface area contributed by atoms with Crippen molar-refractivity contribution in [2.45, 2.75) is 0 Å². The fourth-order valence-corrected chi connectivity index (χ4v) is 3.29. The minimum atomic E-state index is -0.730. The number of nitrogens with one attached hydrogen (secondary N) is 1. The van der Waals surface area contributed by atoms with E-state index in [2.05, 4.69) is 10.3 Å². The summed E-state index contributed by atoms with van der Waals surface area (Å²) in [5.41, 5.74) is 0.313. The molecule has 1 amide bonds. The van der Waals surface area contributed by atoms with Gasteiger partial charge in [-0.3, -0.25) is 14.9 Å². The Kier molecular flexibility index (Phi) is 5.33. The summed E-state index contributed by atoms with van der Waals surface area (Å²) in [5.74, 6) is -1.04. The van der Waals surface area contributed by atoms with E-state index in [0.717, 1.165) is 17.8 Å². The van der Waals surface area contributed by atoms with Crippen molar-refractivity contribution in [3.05, 3.63) is 62.0 Å². The number of benzene rings is 2. The molecule has 0 unspecified atom stereocenters. The van der Waals surface area contributed by atoms with Crippen molar-refractivity contribution in [2.24, 2.45) is 4.99 Å². The summed E-state index contributed by atoms with van der Waals surface area (Å²) in [7, 11) is 1.28. The van der Waals surface area contributed by atoms with Gasteiger partial charge >= 0.3 is 5.69 Å². The minimum absolute atomic E-state index is 0.0654. The van der Waals surface area contributed by atoms with Crippen LogP contribution in [0.4, 0.5) is 11.4 Å². The molecule has 10 heteroatoms. The van der Waals surface area contributed by atoms with Crippen LogP contribution < -0.4 is 10.1 Å². The molecule has 8 nitrogen and oxygen atoms in total. The number of nitrogens with zero attached hydrogens (tertiary/aromatic N) is 2. The van der Waals surface area contributed by atoms with Gasteiger partial charge in [-0.1, -0.05) is 23.7 Å². The molecule has 27 heavy (non-hydrogen) atoms. The number of aromatic hydroxyl groups is 1. The van der Waals surface area contributed by atoms with Gasteiger partial charge < -0.3 is 15.2 Å². The molecule has 2 aromatic carbocycles. The van der Waals surface area contributed by atoms with Crippen LogP contribution in [0.15, 0.2) is 46.3 Å². The number of para-hydroxylation sites is 1. The molecule has 1 aliphatic heterocycles. The first-order valence-corrected chi connectivity index (χ1v) is 8.68. The number of hydrogen-bond donors (Lipinski definition) is 2. The number of nitro groups is 1. The number of amidine groups is 1. The molecule has 1 fully saturated rings. The van der Waals surface area contributed by atoms with E-state index in [1.54, 1.807) is 24.3 Å². The number of aliphatic imine (C=N–C) groups is 1. The Bertz CT molecular complexity index is 1010. The zero-order valence-electron chi connectivity index (χ0n) is 13.8. The molecule has 1 heterocycles. The molecule has 0 saturated carbocycles. The first kappa shape index (κ1) is 18.7. The third kappa shape index (κ3) is 4.04. The van der Waals surface area contributed by atoms with Crippen LogP contribution in [0.5, 0.6) is 11.5 Å². The van der Waals surface area contributed by atoms with Gasteiger partial charge in [0.05, 0.1) is 27.6 Å². The molecule has 2 N–H and O–H groups in total. The van der Waals surface area contributed by atoms with Crippen molar-refractivity contribution < 1.29 is 19.6 Å². The van der Waals surface area contributed by atoms with Crippen molar-refractivity contribution in [1.82, 2.24) is 5.32 Å².